The standard InChI is InChI=1S/C20H25NO4/c1-4-23-12-13-24-17-9-7-8-16(14-17)20(22)21-18-10-5-6-11-19(18)25-15(2)3/h5-11,14-15H,4,12-13H2,1-3H3,(H,21,22). The van der Waals surface area contributed by atoms with E-state index in [2.05, 4.69) is 5.32 Å². The topological polar surface area (TPSA) is 56.8 Å². The van der Waals surface area contributed by atoms with E-state index in [9.17, 15) is 4.79 Å². The fourth-order valence-electron chi connectivity index (χ4n) is 2.21. The van der Waals surface area contributed by atoms with Gasteiger partial charge in [-0.2, -0.15) is 0 Å². The van der Waals surface area contributed by atoms with E-state index in [4.69, 9.17) is 14.2 Å². The highest BCUT2D eigenvalue weighted by Gasteiger charge is 2.11. The molecule has 0 aliphatic carbocycles. The third-order valence-corrected chi connectivity index (χ3v) is 3.29. The molecular weight excluding hydrogens is 318 g/mol. The van der Waals surface area contributed by atoms with Crippen molar-refractivity contribution in [3.8, 4) is 11.5 Å². The number of benzene rings is 2. The second kappa shape index (κ2) is 9.69. The summed E-state index contributed by atoms with van der Waals surface area (Å²) in [5.74, 6) is 1.07. The lowest BCUT2D eigenvalue weighted by molar-refractivity contribution is 0.102. The van der Waals surface area contributed by atoms with Crippen LogP contribution in [0.25, 0.3) is 0 Å². The summed E-state index contributed by atoms with van der Waals surface area (Å²) >= 11 is 0. The smallest absolute Gasteiger partial charge is 0.255 e. The Morgan fingerprint density at radius 1 is 1.08 bits per heavy atom. The lowest BCUT2D eigenvalue weighted by Gasteiger charge is -2.15. The molecule has 1 amide bonds. The Kier molecular flexibility index (Phi) is 7.29. The zero-order valence-corrected chi connectivity index (χ0v) is 15.0. The van der Waals surface area contributed by atoms with Gasteiger partial charge in [-0.25, -0.2) is 0 Å². The highest BCUT2D eigenvalue weighted by Crippen LogP contribution is 2.25. The van der Waals surface area contributed by atoms with E-state index in [1.165, 1.54) is 0 Å². The van der Waals surface area contributed by atoms with Crippen molar-refractivity contribution in [2.24, 2.45) is 0 Å². The maximum Gasteiger partial charge on any atom is 0.255 e. The molecule has 134 valence electrons. The van der Waals surface area contributed by atoms with E-state index in [1.54, 1.807) is 18.2 Å². The molecule has 0 bridgehead atoms. The molecule has 0 unspecified atom stereocenters. The van der Waals surface area contributed by atoms with E-state index in [1.807, 2.05) is 51.1 Å². The highest BCUT2D eigenvalue weighted by atomic mass is 16.5. The molecule has 1 N–H and O–H groups in total. The van der Waals surface area contributed by atoms with Crippen LogP contribution >= 0.6 is 0 Å². The first-order chi connectivity index (χ1) is 12.1. The van der Waals surface area contributed by atoms with Gasteiger partial charge in [0.1, 0.15) is 18.1 Å². The van der Waals surface area contributed by atoms with Crippen molar-refractivity contribution in [2.45, 2.75) is 26.9 Å². The van der Waals surface area contributed by atoms with Crippen LogP contribution in [0, 0.1) is 0 Å². The second-order valence-electron chi connectivity index (χ2n) is 5.69. The number of nitrogens with one attached hydrogen (secondary N) is 1. The van der Waals surface area contributed by atoms with Gasteiger partial charge in [-0.05, 0) is 51.1 Å². The summed E-state index contributed by atoms with van der Waals surface area (Å²) in [6, 6.07) is 14.5. The molecule has 0 heterocycles. The third kappa shape index (κ3) is 6.12. The van der Waals surface area contributed by atoms with Crippen molar-refractivity contribution in [3.63, 3.8) is 0 Å². The first-order valence-electron chi connectivity index (χ1n) is 8.47. The van der Waals surface area contributed by atoms with Crippen LogP contribution < -0.4 is 14.8 Å². The number of carbonyl (C=O) groups excluding carboxylic acids is 1. The predicted molar refractivity (Wildman–Crippen MR) is 98.6 cm³/mol. The van der Waals surface area contributed by atoms with Gasteiger partial charge in [0, 0.05) is 12.2 Å². The molecule has 0 radical (unpaired) electrons. The molecular formula is C20H25NO4. The normalized spacial score (nSPS) is 10.6. The largest absolute Gasteiger partial charge is 0.491 e. The summed E-state index contributed by atoms with van der Waals surface area (Å²) < 4.78 is 16.6. The lowest BCUT2D eigenvalue weighted by Crippen LogP contribution is -2.14. The Hall–Kier alpha value is -2.53. The first-order valence-corrected chi connectivity index (χ1v) is 8.47. The molecule has 2 rings (SSSR count). The van der Waals surface area contributed by atoms with Crippen LogP contribution in [0.4, 0.5) is 5.69 Å². The summed E-state index contributed by atoms with van der Waals surface area (Å²) in [7, 11) is 0. The Balaban J connectivity index is 2.04. The summed E-state index contributed by atoms with van der Waals surface area (Å²) in [6.07, 6.45) is 0.0279. The highest BCUT2D eigenvalue weighted by molar-refractivity contribution is 6.05. The van der Waals surface area contributed by atoms with Crippen LogP contribution in [0.3, 0.4) is 0 Å². The molecule has 0 saturated heterocycles. The number of amides is 1. The lowest BCUT2D eigenvalue weighted by atomic mass is 10.2. The number of para-hydroxylation sites is 2. The molecule has 2 aromatic rings. The zero-order valence-electron chi connectivity index (χ0n) is 15.0. The number of carbonyl (C=O) groups is 1. The minimum absolute atomic E-state index is 0.0279. The minimum Gasteiger partial charge on any atom is -0.491 e. The minimum atomic E-state index is -0.213. The van der Waals surface area contributed by atoms with E-state index in [-0.39, 0.29) is 12.0 Å². The van der Waals surface area contributed by atoms with Crippen molar-refractivity contribution in [1.29, 1.82) is 0 Å². The Labute approximate surface area is 148 Å². The molecule has 0 saturated carbocycles. The summed E-state index contributed by atoms with van der Waals surface area (Å²) in [6.45, 7) is 7.45. The average molecular weight is 343 g/mol. The molecule has 0 fully saturated rings. The molecule has 0 aliphatic rings. The van der Waals surface area contributed by atoms with Gasteiger partial charge in [-0.15, -0.1) is 0 Å². The first kappa shape index (κ1) is 18.8. The van der Waals surface area contributed by atoms with Crippen LogP contribution in [0.15, 0.2) is 48.5 Å². The quantitative estimate of drug-likeness (QED) is 0.695. The molecule has 0 spiro atoms. The van der Waals surface area contributed by atoms with Crippen molar-refractivity contribution in [1.82, 2.24) is 0 Å². The fourth-order valence-corrected chi connectivity index (χ4v) is 2.21. The SMILES string of the molecule is CCOCCOc1cccc(C(=O)Nc2ccccc2OC(C)C)c1. The summed E-state index contributed by atoms with van der Waals surface area (Å²) in [4.78, 5) is 12.5. The number of hydrogen-bond acceptors (Lipinski definition) is 4. The number of ether oxygens (including phenoxy) is 3. The van der Waals surface area contributed by atoms with Crippen LogP contribution in [0.1, 0.15) is 31.1 Å². The molecule has 5 heteroatoms. The third-order valence-electron chi connectivity index (χ3n) is 3.29. The summed E-state index contributed by atoms with van der Waals surface area (Å²) in [5.41, 5.74) is 1.16. The molecule has 0 atom stereocenters. The van der Waals surface area contributed by atoms with Gasteiger partial charge in [-0.3, -0.25) is 4.79 Å². The van der Waals surface area contributed by atoms with Crippen molar-refractivity contribution in [2.75, 3.05) is 25.1 Å². The fraction of sp³-hybridized carbons (Fsp3) is 0.350. The Morgan fingerprint density at radius 3 is 2.64 bits per heavy atom. The summed E-state index contributed by atoms with van der Waals surface area (Å²) in [5, 5.41) is 2.89. The number of rotatable bonds is 9. The number of anilines is 1. The molecule has 0 aliphatic heterocycles. The van der Waals surface area contributed by atoms with Crippen LogP contribution in [-0.2, 0) is 4.74 Å². The second-order valence-corrected chi connectivity index (χ2v) is 5.69. The molecule has 2 aromatic carbocycles. The predicted octanol–water partition coefficient (Wildman–Crippen LogP) is 4.14. The van der Waals surface area contributed by atoms with Crippen LogP contribution in [-0.4, -0.2) is 31.8 Å². The van der Waals surface area contributed by atoms with Crippen molar-refractivity contribution < 1.29 is 19.0 Å². The van der Waals surface area contributed by atoms with E-state index >= 15 is 0 Å². The zero-order chi connectivity index (χ0) is 18.1. The van der Waals surface area contributed by atoms with E-state index in [0.29, 0.717) is 42.6 Å². The van der Waals surface area contributed by atoms with Gasteiger partial charge in [-0.1, -0.05) is 18.2 Å². The van der Waals surface area contributed by atoms with Gasteiger partial charge in [0.05, 0.1) is 18.4 Å². The van der Waals surface area contributed by atoms with Crippen molar-refractivity contribution >= 4 is 11.6 Å². The molecule has 5 nitrogen and oxygen atoms in total. The van der Waals surface area contributed by atoms with Gasteiger partial charge in [0.25, 0.3) is 5.91 Å². The maximum absolute atomic E-state index is 12.5. The molecule has 25 heavy (non-hydrogen) atoms. The van der Waals surface area contributed by atoms with Gasteiger partial charge < -0.3 is 19.5 Å². The maximum atomic E-state index is 12.5. The van der Waals surface area contributed by atoms with Crippen LogP contribution in [0.2, 0.25) is 0 Å². The van der Waals surface area contributed by atoms with E-state index < -0.39 is 0 Å². The van der Waals surface area contributed by atoms with Gasteiger partial charge in [0.2, 0.25) is 0 Å². The Bertz CT molecular complexity index is 685. The molecule has 0 aromatic heterocycles. The Morgan fingerprint density at radius 2 is 1.88 bits per heavy atom. The monoisotopic (exact) mass is 343 g/mol. The van der Waals surface area contributed by atoms with Crippen LogP contribution in [0.5, 0.6) is 11.5 Å². The van der Waals surface area contributed by atoms with Crippen molar-refractivity contribution in [3.05, 3.63) is 54.1 Å². The average Bonchev–Trinajstić information content (AvgIpc) is 2.60. The van der Waals surface area contributed by atoms with E-state index in [0.717, 1.165) is 0 Å². The van der Waals surface area contributed by atoms with Gasteiger partial charge in [0.15, 0.2) is 0 Å². The van der Waals surface area contributed by atoms with Gasteiger partial charge >= 0.3 is 0 Å². The number of hydrogen-bond donors (Lipinski definition) is 1.